The molecule has 2 heteroatoms. The Morgan fingerprint density at radius 2 is 2.00 bits per heavy atom. The zero-order valence-corrected chi connectivity index (χ0v) is 9.63. The summed E-state index contributed by atoms with van der Waals surface area (Å²) in [6.07, 6.45) is 6.76. The Hall–Kier alpha value is -0.340. The quantitative estimate of drug-likeness (QED) is 0.441. The van der Waals surface area contributed by atoms with E-state index in [-0.39, 0.29) is 12.6 Å². The van der Waals surface area contributed by atoms with Gasteiger partial charge in [-0.1, -0.05) is 26.3 Å². The maximum Gasteiger partial charge on any atom is 0.0587 e. The molecule has 2 N–H and O–H groups in total. The average molecular weight is 199 g/mol. The van der Waals surface area contributed by atoms with Gasteiger partial charge in [0.2, 0.25) is 0 Å². The third kappa shape index (κ3) is 7.10. The zero-order chi connectivity index (χ0) is 10.8. The fraction of sp³-hybridized carbons (Fsp3) is 0.833. The highest BCUT2D eigenvalue weighted by atomic mass is 16.3. The molecule has 0 aromatic rings. The van der Waals surface area contributed by atoms with Gasteiger partial charge in [-0.25, -0.2) is 0 Å². The number of hydrogen-bond donors (Lipinski definition) is 2. The predicted octanol–water partition coefficient (Wildman–Crippen LogP) is 2.34. The molecule has 0 aliphatic carbocycles. The lowest BCUT2D eigenvalue weighted by Crippen LogP contribution is -2.37. The van der Waals surface area contributed by atoms with E-state index in [2.05, 4.69) is 25.7 Å². The molecule has 14 heavy (non-hydrogen) atoms. The molecule has 0 fully saturated rings. The molecule has 0 saturated heterocycles. The largest absolute Gasteiger partial charge is 0.395 e. The van der Waals surface area contributed by atoms with Gasteiger partial charge in [-0.15, -0.1) is 6.58 Å². The molecule has 1 unspecified atom stereocenters. The van der Waals surface area contributed by atoms with E-state index in [9.17, 15) is 0 Å². The average Bonchev–Trinajstić information content (AvgIpc) is 2.16. The van der Waals surface area contributed by atoms with Crippen molar-refractivity contribution in [1.29, 1.82) is 0 Å². The molecule has 0 radical (unpaired) electrons. The molecule has 0 aromatic carbocycles. The van der Waals surface area contributed by atoms with Gasteiger partial charge < -0.3 is 10.4 Å². The van der Waals surface area contributed by atoms with Crippen LogP contribution in [0.1, 0.15) is 39.5 Å². The van der Waals surface area contributed by atoms with Crippen LogP contribution in [0, 0.1) is 5.92 Å². The van der Waals surface area contributed by atoms with Crippen molar-refractivity contribution in [3.63, 3.8) is 0 Å². The summed E-state index contributed by atoms with van der Waals surface area (Å²) >= 11 is 0. The summed E-state index contributed by atoms with van der Waals surface area (Å²) in [7, 11) is 0. The van der Waals surface area contributed by atoms with Crippen molar-refractivity contribution in [1.82, 2.24) is 5.32 Å². The van der Waals surface area contributed by atoms with E-state index in [1.807, 2.05) is 6.08 Å². The lowest BCUT2D eigenvalue weighted by atomic mass is 10.1. The first kappa shape index (κ1) is 13.7. The van der Waals surface area contributed by atoms with E-state index < -0.39 is 0 Å². The van der Waals surface area contributed by atoms with Crippen molar-refractivity contribution in [2.75, 3.05) is 13.2 Å². The molecule has 0 aromatic heterocycles. The summed E-state index contributed by atoms with van der Waals surface area (Å²) < 4.78 is 0. The normalized spacial score (nSPS) is 13.1. The molecule has 0 bridgehead atoms. The van der Waals surface area contributed by atoms with Gasteiger partial charge in [0.1, 0.15) is 0 Å². The first-order valence-electron chi connectivity index (χ1n) is 5.67. The summed E-state index contributed by atoms with van der Waals surface area (Å²) in [6.45, 7) is 9.21. The molecule has 2 nitrogen and oxygen atoms in total. The van der Waals surface area contributed by atoms with Crippen molar-refractivity contribution in [2.24, 2.45) is 5.92 Å². The van der Waals surface area contributed by atoms with Crippen LogP contribution in [0.2, 0.25) is 0 Å². The summed E-state index contributed by atoms with van der Waals surface area (Å²) in [5.41, 5.74) is 0. The second kappa shape index (κ2) is 9.22. The number of aliphatic hydroxyl groups excluding tert-OH is 1. The SMILES string of the molecule is C=CCCCCCNC(CO)C(C)C. The van der Waals surface area contributed by atoms with Gasteiger partial charge in [0.15, 0.2) is 0 Å². The molecular formula is C12H25NO. The highest BCUT2D eigenvalue weighted by Crippen LogP contribution is 2.02. The molecule has 0 heterocycles. The smallest absolute Gasteiger partial charge is 0.0587 e. The van der Waals surface area contributed by atoms with Crippen LogP contribution in [0.15, 0.2) is 12.7 Å². The van der Waals surface area contributed by atoms with Gasteiger partial charge in [0.05, 0.1) is 6.61 Å². The van der Waals surface area contributed by atoms with Gasteiger partial charge in [-0.2, -0.15) is 0 Å². The Morgan fingerprint density at radius 3 is 2.50 bits per heavy atom. The minimum absolute atomic E-state index is 0.240. The molecule has 0 aliphatic rings. The first-order valence-corrected chi connectivity index (χ1v) is 5.67. The fourth-order valence-electron chi connectivity index (χ4n) is 1.39. The molecular weight excluding hydrogens is 174 g/mol. The Kier molecular flexibility index (Phi) is 9.00. The van der Waals surface area contributed by atoms with Gasteiger partial charge in [-0.3, -0.25) is 0 Å². The maximum atomic E-state index is 9.06. The number of hydrogen-bond acceptors (Lipinski definition) is 2. The van der Waals surface area contributed by atoms with Crippen molar-refractivity contribution >= 4 is 0 Å². The lowest BCUT2D eigenvalue weighted by molar-refractivity contribution is 0.210. The van der Waals surface area contributed by atoms with E-state index in [0.717, 1.165) is 13.0 Å². The monoisotopic (exact) mass is 199 g/mol. The summed E-state index contributed by atoms with van der Waals surface area (Å²) in [5, 5.41) is 12.4. The minimum Gasteiger partial charge on any atom is -0.395 e. The Balaban J connectivity index is 3.28. The number of allylic oxidation sites excluding steroid dienone is 1. The van der Waals surface area contributed by atoms with Crippen LogP contribution in [-0.4, -0.2) is 24.3 Å². The number of rotatable bonds is 9. The highest BCUT2D eigenvalue weighted by Gasteiger charge is 2.09. The molecule has 0 aliphatic heterocycles. The standard InChI is InChI=1S/C12H25NO/c1-4-5-6-7-8-9-13-12(10-14)11(2)3/h4,11-14H,1,5-10H2,2-3H3. The van der Waals surface area contributed by atoms with Crippen LogP contribution in [0.25, 0.3) is 0 Å². The molecule has 1 atom stereocenters. The Bertz CT molecular complexity index is 134. The minimum atomic E-state index is 0.240. The number of unbranched alkanes of at least 4 members (excludes halogenated alkanes) is 3. The lowest BCUT2D eigenvalue weighted by Gasteiger charge is -2.19. The van der Waals surface area contributed by atoms with Crippen molar-refractivity contribution in [3.05, 3.63) is 12.7 Å². The van der Waals surface area contributed by atoms with E-state index in [1.54, 1.807) is 0 Å². The third-order valence-corrected chi connectivity index (χ3v) is 2.49. The van der Waals surface area contributed by atoms with Gasteiger partial charge in [-0.05, 0) is 31.7 Å². The van der Waals surface area contributed by atoms with Crippen LogP contribution in [0.3, 0.4) is 0 Å². The summed E-state index contributed by atoms with van der Waals surface area (Å²) in [4.78, 5) is 0. The number of aliphatic hydroxyl groups is 1. The second-order valence-corrected chi connectivity index (χ2v) is 4.13. The van der Waals surface area contributed by atoms with Crippen LogP contribution < -0.4 is 5.32 Å². The molecule has 0 rings (SSSR count). The van der Waals surface area contributed by atoms with E-state index in [1.165, 1.54) is 19.3 Å². The first-order chi connectivity index (χ1) is 6.72. The fourth-order valence-corrected chi connectivity index (χ4v) is 1.39. The van der Waals surface area contributed by atoms with Gasteiger partial charge in [0.25, 0.3) is 0 Å². The topological polar surface area (TPSA) is 32.3 Å². The summed E-state index contributed by atoms with van der Waals surface area (Å²) in [6, 6.07) is 0.259. The van der Waals surface area contributed by atoms with E-state index in [0.29, 0.717) is 5.92 Å². The van der Waals surface area contributed by atoms with Crippen molar-refractivity contribution in [3.8, 4) is 0 Å². The second-order valence-electron chi connectivity index (χ2n) is 4.13. The summed E-state index contributed by atoms with van der Waals surface area (Å²) in [5.74, 6) is 0.508. The molecule has 0 saturated carbocycles. The molecule has 84 valence electrons. The Morgan fingerprint density at radius 1 is 1.29 bits per heavy atom. The van der Waals surface area contributed by atoms with Crippen molar-refractivity contribution in [2.45, 2.75) is 45.6 Å². The van der Waals surface area contributed by atoms with Crippen LogP contribution in [-0.2, 0) is 0 Å². The third-order valence-electron chi connectivity index (χ3n) is 2.49. The van der Waals surface area contributed by atoms with Crippen molar-refractivity contribution < 1.29 is 5.11 Å². The van der Waals surface area contributed by atoms with Crippen LogP contribution in [0.4, 0.5) is 0 Å². The van der Waals surface area contributed by atoms with Crippen LogP contribution >= 0.6 is 0 Å². The maximum absolute atomic E-state index is 9.06. The van der Waals surface area contributed by atoms with Gasteiger partial charge in [0, 0.05) is 6.04 Å². The number of nitrogens with one attached hydrogen (secondary N) is 1. The van der Waals surface area contributed by atoms with E-state index >= 15 is 0 Å². The highest BCUT2D eigenvalue weighted by molar-refractivity contribution is 4.69. The van der Waals surface area contributed by atoms with Gasteiger partial charge >= 0.3 is 0 Å². The molecule has 0 spiro atoms. The molecule has 0 amide bonds. The predicted molar refractivity (Wildman–Crippen MR) is 62.4 cm³/mol. The zero-order valence-electron chi connectivity index (χ0n) is 9.63. The van der Waals surface area contributed by atoms with Crippen LogP contribution in [0.5, 0.6) is 0 Å². The van der Waals surface area contributed by atoms with E-state index in [4.69, 9.17) is 5.11 Å². The Labute approximate surface area is 88.4 Å².